The largest absolute Gasteiger partial charge is 0.321 e. The van der Waals surface area contributed by atoms with Crippen molar-refractivity contribution >= 4 is 27.5 Å². The van der Waals surface area contributed by atoms with Crippen molar-refractivity contribution in [1.29, 1.82) is 0 Å². The summed E-state index contributed by atoms with van der Waals surface area (Å²) in [7, 11) is 0. The Morgan fingerprint density at radius 2 is 1.80 bits per heavy atom. The van der Waals surface area contributed by atoms with Crippen LogP contribution in [0.2, 0.25) is 0 Å². The minimum atomic E-state index is -0.161. The molecule has 0 saturated carbocycles. The molecule has 0 aliphatic rings. The first kappa shape index (κ1) is 19.2. The van der Waals surface area contributed by atoms with Gasteiger partial charge in [-0.15, -0.1) is 12.3 Å². The quantitative estimate of drug-likeness (QED) is 0.718. The second-order valence-electron chi connectivity index (χ2n) is 5.94. The van der Waals surface area contributed by atoms with Gasteiger partial charge in [-0.2, -0.15) is 0 Å². The number of anilines is 1. The summed E-state index contributed by atoms with van der Waals surface area (Å²) >= 11 is 3.57. The minimum Gasteiger partial charge on any atom is -0.321 e. The van der Waals surface area contributed by atoms with Gasteiger partial charge >= 0.3 is 0 Å². The Hall–Kier alpha value is -2.12. The number of benzene rings is 1. The number of aryl methyl sites for hydroxylation is 4. The van der Waals surface area contributed by atoms with Crippen molar-refractivity contribution in [3.8, 4) is 12.3 Å². The van der Waals surface area contributed by atoms with Crippen LogP contribution in [0.3, 0.4) is 0 Å². The van der Waals surface area contributed by atoms with Crippen molar-refractivity contribution in [1.82, 2.24) is 4.98 Å². The van der Waals surface area contributed by atoms with Crippen LogP contribution in [-0.4, -0.2) is 10.9 Å². The van der Waals surface area contributed by atoms with Crippen LogP contribution >= 0.6 is 15.9 Å². The number of hydrogen-bond donors (Lipinski definition) is 1. The number of hydrogen-bond acceptors (Lipinski definition) is 2. The number of carbonyl (C=O) groups is 1. The van der Waals surface area contributed by atoms with Crippen molar-refractivity contribution in [3.63, 3.8) is 0 Å². The summed E-state index contributed by atoms with van der Waals surface area (Å²) in [5.41, 5.74) is 6.14. The summed E-state index contributed by atoms with van der Waals surface area (Å²) in [5, 5.41) is 3.11. The summed E-state index contributed by atoms with van der Waals surface area (Å²) in [6, 6.07) is 6.13. The number of halogens is 1. The van der Waals surface area contributed by atoms with Crippen molar-refractivity contribution in [2.45, 2.75) is 47.0 Å². The topological polar surface area (TPSA) is 42.0 Å². The van der Waals surface area contributed by atoms with Crippen molar-refractivity contribution < 1.29 is 4.79 Å². The Morgan fingerprint density at radius 1 is 1.20 bits per heavy atom. The average Bonchev–Trinajstić information content (AvgIpc) is 2.58. The van der Waals surface area contributed by atoms with Gasteiger partial charge < -0.3 is 5.32 Å². The first-order chi connectivity index (χ1) is 11.9. The summed E-state index contributed by atoms with van der Waals surface area (Å²) in [6.07, 6.45) is 7.62. The van der Waals surface area contributed by atoms with Gasteiger partial charge in [-0.05, 0) is 53.7 Å². The molecule has 0 aliphatic heterocycles. The summed E-state index contributed by atoms with van der Waals surface area (Å²) in [5.74, 6) is 2.47. The second-order valence-corrected chi connectivity index (χ2v) is 6.74. The SMILES string of the molecule is C#CCc1c(C)nc(C)c(C(=O)Nc2c(CC)cccc2CC)c1Br. The number of nitrogens with zero attached hydrogens (tertiary/aromatic N) is 1. The fourth-order valence-corrected chi connectivity index (χ4v) is 3.89. The third-order valence-electron chi connectivity index (χ3n) is 4.36. The maximum absolute atomic E-state index is 13.0. The van der Waals surface area contributed by atoms with Crippen LogP contribution in [0.1, 0.15) is 52.3 Å². The molecule has 0 radical (unpaired) electrons. The van der Waals surface area contributed by atoms with Crippen molar-refractivity contribution in [2.75, 3.05) is 5.32 Å². The highest BCUT2D eigenvalue weighted by Crippen LogP contribution is 2.29. The Labute approximate surface area is 158 Å². The molecule has 130 valence electrons. The first-order valence-corrected chi connectivity index (χ1v) is 9.24. The molecule has 0 bridgehead atoms. The molecule has 2 aromatic rings. The molecule has 0 fully saturated rings. The number of carbonyl (C=O) groups excluding carboxylic acids is 1. The molecular formula is C21H23BrN2O. The lowest BCUT2D eigenvalue weighted by Gasteiger charge is -2.17. The van der Waals surface area contributed by atoms with Gasteiger partial charge in [0, 0.05) is 27.8 Å². The van der Waals surface area contributed by atoms with E-state index >= 15 is 0 Å². The highest BCUT2D eigenvalue weighted by molar-refractivity contribution is 9.10. The number of para-hydroxylation sites is 1. The number of terminal acetylenes is 1. The molecule has 0 spiro atoms. The van der Waals surface area contributed by atoms with Crippen LogP contribution in [0, 0.1) is 26.2 Å². The van der Waals surface area contributed by atoms with Crippen LogP contribution in [-0.2, 0) is 19.3 Å². The molecule has 3 nitrogen and oxygen atoms in total. The van der Waals surface area contributed by atoms with Crippen LogP contribution in [0.25, 0.3) is 0 Å². The van der Waals surface area contributed by atoms with Gasteiger partial charge in [0.15, 0.2) is 0 Å². The summed E-state index contributed by atoms with van der Waals surface area (Å²) < 4.78 is 0.736. The lowest BCUT2D eigenvalue weighted by molar-refractivity contribution is 0.102. The number of amides is 1. The number of aromatic nitrogens is 1. The van der Waals surface area contributed by atoms with Crippen LogP contribution in [0.4, 0.5) is 5.69 Å². The van der Waals surface area contributed by atoms with E-state index in [4.69, 9.17) is 6.42 Å². The molecule has 1 N–H and O–H groups in total. The zero-order chi connectivity index (χ0) is 18.6. The second kappa shape index (κ2) is 8.31. The molecule has 0 atom stereocenters. The first-order valence-electron chi connectivity index (χ1n) is 8.45. The van der Waals surface area contributed by atoms with E-state index < -0.39 is 0 Å². The van der Waals surface area contributed by atoms with Gasteiger partial charge in [-0.3, -0.25) is 9.78 Å². The third kappa shape index (κ3) is 3.93. The Bertz CT molecular complexity index is 828. The molecule has 25 heavy (non-hydrogen) atoms. The molecule has 0 saturated heterocycles. The normalized spacial score (nSPS) is 10.4. The van der Waals surface area contributed by atoms with Crippen molar-refractivity contribution in [3.05, 3.63) is 56.3 Å². The van der Waals surface area contributed by atoms with Gasteiger partial charge in [0.2, 0.25) is 0 Å². The van der Waals surface area contributed by atoms with E-state index in [1.54, 1.807) is 0 Å². The smallest absolute Gasteiger partial charge is 0.258 e. The van der Waals surface area contributed by atoms with Gasteiger partial charge in [0.25, 0.3) is 5.91 Å². The highest BCUT2D eigenvalue weighted by Gasteiger charge is 2.20. The number of rotatable bonds is 5. The van der Waals surface area contributed by atoms with Gasteiger partial charge in [0.1, 0.15) is 0 Å². The van der Waals surface area contributed by atoms with Gasteiger partial charge in [-0.1, -0.05) is 32.0 Å². The lowest BCUT2D eigenvalue weighted by Crippen LogP contribution is -2.18. The lowest BCUT2D eigenvalue weighted by atomic mass is 10.0. The zero-order valence-corrected chi connectivity index (χ0v) is 16.8. The van der Waals surface area contributed by atoms with Crippen LogP contribution in [0.15, 0.2) is 22.7 Å². The maximum Gasteiger partial charge on any atom is 0.258 e. The molecule has 0 unspecified atom stereocenters. The fraction of sp³-hybridized carbons (Fsp3) is 0.333. The standard InChI is InChI=1S/C21H23BrN2O/c1-6-10-17-13(4)23-14(5)18(19(17)22)21(25)24-20-15(7-2)11-9-12-16(20)8-3/h1,9,11-12H,7-8,10H2,2-5H3,(H,24,25). The number of pyridine rings is 1. The fourth-order valence-electron chi connectivity index (χ4n) is 2.99. The molecular weight excluding hydrogens is 376 g/mol. The molecule has 1 heterocycles. The van der Waals surface area contributed by atoms with E-state index in [1.807, 2.05) is 32.0 Å². The monoisotopic (exact) mass is 398 g/mol. The van der Waals surface area contributed by atoms with E-state index in [2.05, 4.69) is 46.0 Å². The van der Waals surface area contributed by atoms with E-state index in [9.17, 15) is 4.79 Å². The molecule has 2 rings (SSSR count). The van der Waals surface area contributed by atoms with Crippen LogP contribution in [0.5, 0.6) is 0 Å². The average molecular weight is 399 g/mol. The Balaban J connectivity index is 2.50. The molecule has 4 heteroatoms. The Morgan fingerprint density at radius 3 is 2.32 bits per heavy atom. The predicted molar refractivity (Wildman–Crippen MR) is 107 cm³/mol. The highest BCUT2D eigenvalue weighted by atomic mass is 79.9. The maximum atomic E-state index is 13.0. The van der Waals surface area contributed by atoms with E-state index in [0.29, 0.717) is 17.7 Å². The summed E-state index contributed by atoms with van der Waals surface area (Å²) in [4.78, 5) is 17.5. The van der Waals surface area contributed by atoms with E-state index in [1.165, 1.54) is 0 Å². The minimum absolute atomic E-state index is 0.161. The van der Waals surface area contributed by atoms with E-state index in [-0.39, 0.29) is 5.91 Å². The van der Waals surface area contributed by atoms with Crippen molar-refractivity contribution in [2.24, 2.45) is 0 Å². The molecule has 1 aromatic carbocycles. The zero-order valence-electron chi connectivity index (χ0n) is 15.2. The molecule has 1 amide bonds. The molecule has 1 aromatic heterocycles. The van der Waals surface area contributed by atoms with Gasteiger partial charge in [-0.25, -0.2) is 0 Å². The predicted octanol–water partition coefficient (Wildman–Crippen LogP) is 5.01. The molecule has 0 aliphatic carbocycles. The third-order valence-corrected chi connectivity index (χ3v) is 5.24. The van der Waals surface area contributed by atoms with Gasteiger partial charge in [0.05, 0.1) is 11.3 Å². The number of nitrogens with one attached hydrogen (secondary N) is 1. The summed E-state index contributed by atoms with van der Waals surface area (Å²) in [6.45, 7) is 7.93. The Kier molecular flexibility index (Phi) is 6.39. The van der Waals surface area contributed by atoms with E-state index in [0.717, 1.165) is 45.4 Å². The van der Waals surface area contributed by atoms with Crippen LogP contribution < -0.4 is 5.32 Å².